The molecule has 6 heteroatoms. The monoisotopic (exact) mass is 387 g/mol. The molecular weight excluding hydrogens is 363 g/mol. The lowest BCUT2D eigenvalue weighted by Crippen LogP contribution is -2.41. The third kappa shape index (κ3) is 3.13. The van der Waals surface area contributed by atoms with Gasteiger partial charge in [-0.15, -0.1) is 0 Å². The Morgan fingerprint density at radius 3 is 2.89 bits per heavy atom. The van der Waals surface area contributed by atoms with Gasteiger partial charge in [-0.2, -0.15) is 13.2 Å². The zero-order valence-corrected chi connectivity index (χ0v) is 15.6. The smallest absolute Gasteiger partial charge is 0.381 e. The molecule has 3 heterocycles. The van der Waals surface area contributed by atoms with Gasteiger partial charge in [0.1, 0.15) is 0 Å². The molecule has 0 radical (unpaired) electrons. The highest BCUT2D eigenvalue weighted by Gasteiger charge is 2.38. The van der Waals surface area contributed by atoms with Crippen LogP contribution in [0.1, 0.15) is 34.6 Å². The van der Waals surface area contributed by atoms with Crippen molar-refractivity contribution in [3.8, 4) is 0 Å². The van der Waals surface area contributed by atoms with Crippen LogP contribution in [0.15, 0.2) is 36.4 Å². The Morgan fingerprint density at radius 1 is 1.14 bits per heavy atom. The van der Waals surface area contributed by atoms with Crippen molar-refractivity contribution in [2.24, 2.45) is 5.92 Å². The summed E-state index contributed by atoms with van der Waals surface area (Å²) < 4.78 is 38.9. The van der Waals surface area contributed by atoms with Crippen LogP contribution >= 0.6 is 0 Å². The molecule has 2 N–H and O–H groups in total. The van der Waals surface area contributed by atoms with Gasteiger partial charge >= 0.3 is 6.18 Å². The SMILES string of the molecule is FC(F)(F)c1cccc(CNc2cc3c4c(c2)[C@@H]2CNC[C@@H]2CN4CCC3)c1. The van der Waals surface area contributed by atoms with Crippen LogP contribution in [0.2, 0.25) is 0 Å². The Kier molecular flexibility index (Phi) is 4.27. The molecule has 1 fully saturated rings. The van der Waals surface area contributed by atoms with Gasteiger partial charge in [-0.3, -0.25) is 0 Å². The molecule has 3 nitrogen and oxygen atoms in total. The minimum atomic E-state index is -4.31. The molecule has 1 saturated heterocycles. The summed E-state index contributed by atoms with van der Waals surface area (Å²) in [5.41, 5.74) is 5.26. The number of nitrogens with one attached hydrogen (secondary N) is 2. The van der Waals surface area contributed by atoms with Gasteiger partial charge in [0.15, 0.2) is 0 Å². The second-order valence-electron chi connectivity index (χ2n) is 8.20. The number of hydrogen-bond acceptors (Lipinski definition) is 3. The average Bonchev–Trinajstić information content (AvgIpc) is 3.15. The largest absolute Gasteiger partial charge is 0.416 e. The molecule has 148 valence electrons. The topological polar surface area (TPSA) is 27.3 Å². The van der Waals surface area contributed by atoms with Gasteiger partial charge in [0.05, 0.1) is 5.56 Å². The first-order valence-corrected chi connectivity index (χ1v) is 10.0. The van der Waals surface area contributed by atoms with Crippen molar-refractivity contribution in [1.29, 1.82) is 0 Å². The molecule has 0 spiro atoms. The second-order valence-corrected chi connectivity index (χ2v) is 8.20. The Morgan fingerprint density at radius 2 is 2.04 bits per heavy atom. The molecule has 3 aliphatic rings. The van der Waals surface area contributed by atoms with Crippen molar-refractivity contribution in [3.63, 3.8) is 0 Å². The summed E-state index contributed by atoms with van der Waals surface area (Å²) in [4.78, 5) is 2.54. The van der Waals surface area contributed by atoms with E-state index in [2.05, 4.69) is 27.7 Å². The van der Waals surface area contributed by atoms with Crippen LogP contribution in [-0.4, -0.2) is 26.2 Å². The summed E-state index contributed by atoms with van der Waals surface area (Å²) in [6, 6.07) is 9.99. The maximum Gasteiger partial charge on any atom is 0.416 e. The standard InChI is InChI=1S/C22H24F3N3/c23-22(24,25)17-5-1-3-14(7-17)10-27-18-8-15-4-2-6-28-13-16-11-26-12-20(16)19(9-18)21(15)28/h1,3,5,7-9,16,20,26-27H,2,4,6,10-13H2/t16-,20-/m1/s1. The van der Waals surface area contributed by atoms with Gasteiger partial charge in [0.2, 0.25) is 0 Å². The van der Waals surface area contributed by atoms with Crippen LogP contribution in [-0.2, 0) is 19.1 Å². The summed E-state index contributed by atoms with van der Waals surface area (Å²) in [5, 5.41) is 6.91. The number of benzene rings is 2. The van der Waals surface area contributed by atoms with E-state index in [1.54, 1.807) is 6.07 Å². The first kappa shape index (κ1) is 17.9. The lowest BCUT2D eigenvalue weighted by atomic mass is 9.80. The normalized spacial score (nSPS) is 23.3. The van der Waals surface area contributed by atoms with E-state index < -0.39 is 11.7 Å². The highest BCUT2D eigenvalue weighted by molar-refractivity contribution is 5.70. The van der Waals surface area contributed by atoms with Crippen molar-refractivity contribution >= 4 is 11.4 Å². The summed E-state index contributed by atoms with van der Waals surface area (Å²) >= 11 is 0. The minimum Gasteiger partial charge on any atom is -0.381 e. The molecule has 2 atom stereocenters. The van der Waals surface area contributed by atoms with Crippen LogP contribution in [0.25, 0.3) is 0 Å². The highest BCUT2D eigenvalue weighted by Crippen LogP contribution is 2.45. The Labute approximate surface area is 162 Å². The number of halogens is 3. The van der Waals surface area contributed by atoms with E-state index in [1.165, 1.54) is 28.9 Å². The van der Waals surface area contributed by atoms with Crippen molar-refractivity contribution in [2.75, 3.05) is 36.4 Å². The van der Waals surface area contributed by atoms with E-state index >= 15 is 0 Å². The molecule has 0 aromatic heterocycles. The molecule has 28 heavy (non-hydrogen) atoms. The Hall–Kier alpha value is -2.21. The molecule has 0 aliphatic carbocycles. The molecular formula is C22H24F3N3. The second kappa shape index (κ2) is 6.69. The Balaban J connectivity index is 1.42. The van der Waals surface area contributed by atoms with Crippen LogP contribution < -0.4 is 15.5 Å². The maximum absolute atomic E-state index is 13.0. The predicted octanol–water partition coefficient (Wildman–Crippen LogP) is 4.39. The summed E-state index contributed by atoms with van der Waals surface area (Å²) in [5.74, 6) is 1.19. The molecule has 2 aromatic rings. The quantitative estimate of drug-likeness (QED) is 0.818. The maximum atomic E-state index is 13.0. The zero-order chi connectivity index (χ0) is 19.3. The van der Waals surface area contributed by atoms with Gasteiger partial charge < -0.3 is 15.5 Å². The predicted molar refractivity (Wildman–Crippen MR) is 105 cm³/mol. The summed E-state index contributed by atoms with van der Waals surface area (Å²) in [6.45, 7) is 4.73. The molecule has 3 aliphatic heterocycles. The fourth-order valence-corrected chi connectivity index (χ4v) is 5.07. The fraction of sp³-hybridized carbons (Fsp3) is 0.455. The average molecular weight is 387 g/mol. The molecule has 0 bridgehead atoms. The van der Waals surface area contributed by atoms with Crippen molar-refractivity contribution in [2.45, 2.75) is 31.5 Å². The van der Waals surface area contributed by atoms with Gasteiger partial charge in [0.25, 0.3) is 0 Å². The van der Waals surface area contributed by atoms with Crippen LogP contribution in [0, 0.1) is 5.92 Å². The number of fused-ring (bicyclic) bond motifs is 2. The molecule has 2 aromatic carbocycles. The number of alkyl halides is 3. The lowest BCUT2D eigenvalue weighted by molar-refractivity contribution is -0.137. The fourth-order valence-electron chi connectivity index (χ4n) is 5.07. The van der Waals surface area contributed by atoms with Crippen LogP contribution in [0.4, 0.5) is 24.5 Å². The van der Waals surface area contributed by atoms with Gasteiger partial charge in [-0.25, -0.2) is 0 Å². The van der Waals surface area contributed by atoms with Crippen LogP contribution in [0.3, 0.4) is 0 Å². The number of nitrogens with zero attached hydrogens (tertiary/aromatic N) is 1. The van der Waals surface area contributed by atoms with E-state index in [-0.39, 0.29) is 0 Å². The van der Waals surface area contributed by atoms with Crippen molar-refractivity contribution in [1.82, 2.24) is 5.32 Å². The van der Waals surface area contributed by atoms with E-state index in [0.29, 0.717) is 23.9 Å². The van der Waals surface area contributed by atoms with Gasteiger partial charge in [0, 0.05) is 50.0 Å². The number of hydrogen-bond donors (Lipinski definition) is 2. The van der Waals surface area contributed by atoms with Gasteiger partial charge in [-0.05, 0) is 59.7 Å². The number of anilines is 2. The van der Waals surface area contributed by atoms with Crippen molar-refractivity contribution in [3.05, 3.63) is 58.7 Å². The number of aryl methyl sites for hydroxylation is 1. The molecule has 0 amide bonds. The summed E-state index contributed by atoms with van der Waals surface area (Å²) in [7, 11) is 0. The molecule has 0 saturated carbocycles. The minimum absolute atomic E-state index is 0.387. The van der Waals surface area contributed by atoms with Gasteiger partial charge in [-0.1, -0.05) is 12.1 Å². The van der Waals surface area contributed by atoms with E-state index in [4.69, 9.17) is 0 Å². The zero-order valence-electron chi connectivity index (χ0n) is 15.6. The van der Waals surface area contributed by atoms with Crippen LogP contribution in [0.5, 0.6) is 0 Å². The first-order chi connectivity index (χ1) is 13.5. The summed E-state index contributed by atoms with van der Waals surface area (Å²) in [6.07, 6.45) is -2.07. The third-order valence-corrected chi connectivity index (χ3v) is 6.35. The first-order valence-electron chi connectivity index (χ1n) is 10.0. The third-order valence-electron chi connectivity index (χ3n) is 6.35. The lowest BCUT2D eigenvalue weighted by Gasteiger charge is -2.42. The number of rotatable bonds is 3. The Bertz CT molecular complexity index is 893. The molecule has 0 unspecified atom stereocenters. The highest BCUT2D eigenvalue weighted by atomic mass is 19.4. The molecule has 5 rings (SSSR count). The van der Waals surface area contributed by atoms with E-state index in [1.807, 2.05) is 0 Å². The van der Waals surface area contributed by atoms with E-state index in [9.17, 15) is 13.2 Å². The van der Waals surface area contributed by atoms with Crippen molar-refractivity contribution < 1.29 is 13.2 Å². The van der Waals surface area contributed by atoms with E-state index in [0.717, 1.165) is 50.8 Å².